The van der Waals surface area contributed by atoms with Gasteiger partial charge in [-0.15, -0.1) is 0 Å². The average molecular weight is 416 g/mol. The topological polar surface area (TPSA) is 95.8 Å². The minimum Gasteiger partial charge on any atom is -0.384 e. The molecule has 7 nitrogen and oxygen atoms in total. The Balaban J connectivity index is 1.54. The van der Waals surface area contributed by atoms with Gasteiger partial charge < -0.3 is 20.4 Å². The number of nitrogens with one attached hydrogen (secondary N) is 2. The van der Waals surface area contributed by atoms with E-state index in [0.717, 1.165) is 49.3 Å². The van der Waals surface area contributed by atoms with E-state index in [-0.39, 0.29) is 17.0 Å². The summed E-state index contributed by atoms with van der Waals surface area (Å²) in [5.74, 6) is -0.995. The summed E-state index contributed by atoms with van der Waals surface area (Å²) >= 11 is 0. The van der Waals surface area contributed by atoms with E-state index in [9.17, 15) is 13.2 Å². The molecule has 0 aliphatic carbocycles. The van der Waals surface area contributed by atoms with Crippen LogP contribution in [0.5, 0.6) is 0 Å². The van der Waals surface area contributed by atoms with E-state index in [1.165, 1.54) is 0 Å². The molecule has 1 fully saturated rings. The predicted octanol–water partition coefficient (Wildman–Crippen LogP) is 3.54. The van der Waals surface area contributed by atoms with E-state index < -0.39 is 12.0 Å². The van der Waals surface area contributed by atoms with E-state index in [1.54, 1.807) is 6.07 Å². The van der Waals surface area contributed by atoms with Gasteiger partial charge >= 0.3 is 6.18 Å². The summed E-state index contributed by atoms with van der Waals surface area (Å²) in [7, 11) is 0. The van der Waals surface area contributed by atoms with Crippen LogP contribution >= 0.6 is 0 Å². The Labute approximate surface area is 169 Å². The van der Waals surface area contributed by atoms with E-state index in [2.05, 4.69) is 30.9 Å². The summed E-state index contributed by atoms with van der Waals surface area (Å²) < 4.78 is 44.7. The molecule has 0 bridgehead atoms. The number of alkyl halides is 3. The van der Waals surface area contributed by atoms with Crippen molar-refractivity contribution in [1.29, 1.82) is 0 Å². The number of nitrogens with two attached hydrogens (primary N) is 1. The van der Waals surface area contributed by atoms with Crippen LogP contribution in [0, 0.1) is 0 Å². The lowest BCUT2D eigenvalue weighted by molar-refractivity contribution is -0.144. The standard InChI is InChI=1S/C20H19F3N6O/c21-20(22,23)19-27-17-13(9-16(24)26-18(17)28-19)15-8-12-7-11(1-2-14(12)25-15)10-29-3-5-30-6-4-29/h1-2,7-9,25H,3-6,10H2,(H3,24,26,27,28). The molecule has 5 rings (SSSR count). The molecule has 0 amide bonds. The Hall–Kier alpha value is -3.11. The van der Waals surface area contributed by atoms with E-state index >= 15 is 0 Å². The molecular formula is C20H19F3N6O. The van der Waals surface area contributed by atoms with Gasteiger partial charge in [-0.25, -0.2) is 9.97 Å². The lowest BCUT2D eigenvalue weighted by atomic mass is 10.1. The number of benzene rings is 1. The van der Waals surface area contributed by atoms with Crippen LogP contribution in [0.4, 0.5) is 19.0 Å². The number of aromatic amines is 2. The molecule has 10 heteroatoms. The SMILES string of the molecule is Nc1cc(-c2cc3cc(CN4CCOCC4)ccc3[nH]2)c2[nH]c(C(F)(F)F)nc2n1. The molecule has 0 unspecified atom stereocenters. The van der Waals surface area contributed by atoms with Crippen molar-refractivity contribution >= 4 is 27.9 Å². The molecule has 0 radical (unpaired) electrons. The van der Waals surface area contributed by atoms with Gasteiger partial charge in [0.15, 0.2) is 5.65 Å². The number of aromatic nitrogens is 4. The largest absolute Gasteiger partial charge is 0.449 e. The van der Waals surface area contributed by atoms with Crippen LogP contribution < -0.4 is 5.73 Å². The second-order valence-electron chi connectivity index (χ2n) is 7.37. The fraction of sp³-hybridized carbons (Fsp3) is 0.300. The first kappa shape index (κ1) is 18.9. The molecule has 156 valence electrons. The molecule has 0 saturated carbocycles. The Morgan fingerprint density at radius 3 is 2.63 bits per heavy atom. The normalized spacial score (nSPS) is 16.0. The van der Waals surface area contributed by atoms with Gasteiger partial charge in [0.1, 0.15) is 5.82 Å². The Morgan fingerprint density at radius 1 is 1.07 bits per heavy atom. The number of imidazole rings is 1. The smallest absolute Gasteiger partial charge is 0.384 e. The average Bonchev–Trinajstić information content (AvgIpc) is 3.31. The summed E-state index contributed by atoms with van der Waals surface area (Å²) in [4.78, 5) is 15.4. The summed E-state index contributed by atoms with van der Waals surface area (Å²) in [6, 6.07) is 9.55. The van der Waals surface area contributed by atoms with Crippen molar-refractivity contribution < 1.29 is 17.9 Å². The van der Waals surface area contributed by atoms with E-state index in [4.69, 9.17) is 10.5 Å². The van der Waals surface area contributed by atoms with Gasteiger partial charge in [-0.1, -0.05) is 6.07 Å². The lowest BCUT2D eigenvalue weighted by Gasteiger charge is -2.26. The number of morpholine rings is 1. The van der Waals surface area contributed by atoms with Crippen LogP contribution in [-0.4, -0.2) is 51.1 Å². The molecule has 1 saturated heterocycles. The maximum absolute atomic E-state index is 13.1. The molecule has 0 atom stereocenters. The summed E-state index contributed by atoms with van der Waals surface area (Å²) in [5, 5.41) is 0.967. The molecule has 30 heavy (non-hydrogen) atoms. The lowest BCUT2D eigenvalue weighted by Crippen LogP contribution is -2.35. The number of pyridine rings is 1. The minimum atomic E-state index is -4.60. The Kier molecular flexibility index (Phi) is 4.40. The van der Waals surface area contributed by atoms with Gasteiger partial charge in [0.05, 0.1) is 18.7 Å². The second kappa shape index (κ2) is 6.99. The van der Waals surface area contributed by atoms with Crippen LogP contribution in [0.25, 0.3) is 33.3 Å². The highest BCUT2D eigenvalue weighted by Gasteiger charge is 2.35. The molecule has 1 aliphatic heterocycles. The van der Waals surface area contributed by atoms with Gasteiger partial charge in [-0.05, 0) is 29.8 Å². The number of hydrogen-bond acceptors (Lipinski definition) is 5. The number of halogens is 3. The Bertz CT molecular complexity index is 1220. The number of anilines is 1. The maximum Gasteiger partial charge on any atom is 0.449 e. The number of hydrogen-bond donors (Lipinski definition) is 3. The molecule has 3 aromatic heterocycles. The van der Waals surface area contributed by atoms with Crippen LogP contribution in [0.2, 0.25) is 0 Å². The van der Waals surface area contributed by atoms with Crippen molar-refractivity contribution in [3.63, 3.8) is 0 Å². The molecule has 4 aromatic rings. The highest BCUT2D eigenvalue weighted by molar-refractivity contribution is 5.95. The molecule has 4 N–H and O–H groups in total. The van der Waals surface area contributed by atoms with Crippen molar-refractivity contribution in [2.45, 2.75) is 12.7 Å². The van der Waals surface area contributed by atoms with E-state index in [1.807, 2.05) is 18.2 Å². The van der Waals surface area contributed by atoms with Crippen LogP contribution in [-0.2, 0) is 17.5 Å². The highest BCUT2D eigenvalue weighted by atomic mass is 19.4. The van der Waals surface area contributed by atoms with Crippen molar-refractivity contribution in [1.82, 2.24) is 24.8 Å². The first-order valence-corrected chi connectivity index (χ1v) is 9.52. The quantitative estimate of drug-likeness (QED) is 0.475. The minimum absolute atomic E-state index is 0.0658. The molecular weight excluding hydrogens is 397 g/mol. The number of nitrogens with zero attached hydrogens (tertiary/aromatic N) is 3. The number of H-pyrrole nitrogens is 2. The van der Waals surface area contributed by atoms with Crippen LogP contribution in [0.15, 0.2) is 30.3 Å². The molecule has 0 spiro atoms. The third-order valence-corrected chi connectivity index (χ3v) is 5.23. The van der Waals surface area contributed by atoms with Crippen molar-refractivity contribution in [2.24, 2.45) is 0 Å². The third-order valence-electron chi connectivity index (χ3n) is 5.23. The zero-order valence-corrected chi connectivity index (χ0v) is 15.9. The summed E-state index contributed by atoms with van der Waals surface area (Å²) in [5.41, 5.74) is 9.13. The van der Waals surface area contributed by atoms with Crippen molar-refractivity contribution in [2.75, 3.05) is 32.0 Å². The fourth-order valence-electron chi connectivity index (χ4n) is 3.80. The molecule has 4 heterocycles. The predicted molar refractivity (Wildman–Crippen MR) is 107 cm³/mol. The van der Waals surface area contributed by atoms with Gasteiger partial charge in [0.2, 0.25) is 5.82 Å². The van der Waals surface area contributed by atoms with Crippen molar-refractivity contribution in [3.8, 4) is 11.3 Å². The Morgan fingerprint density at radius 2 is 1.87 bits per heavy atom. The second-order valence-corrected chi connectivity index (χ2v) is 7.37. The third kappa shape index (κ3) is 3.48. The maximum atomic E-state index is 13.1. The van der Waals surface area contributed by atoms with Crippen LogP contribution in [0.1, 0.15) is 11.4 Å². The van der Waals surface area contributed by atoms with Crippen molar-refractivity contribution in [3.05, 3.63) is 41.7 Å². The number of nitrogen functional groups attached to an aromatic ring is 1. The number of rotatable bonds is 3. The van der Waals surface area contributed by atoms with Crippen LogP contribution in [0.3, 0.4) is 0 Å². The monoisotopic (exact) mass is 416 g/mol. The van der Waals surface area contributed by atoms with Gasteiger partial charge in [-0.2, -0.15) is 13.2 Å². The zero-order chi connectivity index (χ0) is 20.9. The molecule has 1 aliphatic rings. The van der Waals surface area contributed by atoms with Gasteiger partial charge in [-0.3, -0.25) is 4.90 Å². The fourth-order valence-corrected chi connectivity index (χ4v) is 3.80. The zero-order valence-electron chi connectivity index (χ0n) is 15.9. The number of fused-ring (bicyclic) bond motifs is 2. The first-order valence-electron chi connectivity index (χ1n) is 9.52. The van der Waals surface area contributed by atoms with Gasteiger partial charge in [0.25, 0.3) is 0 Å². The first-order chi connectivity index (χ1) is 14.4. The summed E-state index contributed by atoms with van der Waals surface area (Å²) in [6.45, 7) is 4.08. The van der Waals surface area contributed by atoms with E-state index in [0.29, 0.717) is 11.3 Å². The number of ether oxygens (including phenoxy) is 1. The summed E-state index contributed by atoms with van der Waals surface area (Å²) in [6.07, 6.45) is -4.60. The highest BCUT2D eigenvalue weighted by Crippen LogP contribution is 2.34. The van der Waals surface area contributed by atoms with Gasteiger partial charge in [0, 0.05) is 41.8 Å². The molecule has 1 aromatic carbocycles.